The van der Waals surface area contributed by atoms with Gasteiger partial charge in [-0.15, -0.1) is 10.2 Å². The molecule has 1 heterocycles. The number of carbonyl (C=O) groups excluding carboxylic acids is 2. The van der Waals surface area contributed by atoms with Crippen molar-refractivity contribution in [1.29, 1.82) is 0 Å². The number of ether oxygens (including phenoxy) is 1. The van der Waals surface area contributed by atoms with E-state index in [1.165, 1.54) is 23.9 Å². The van der Waals surface area contributed by atoms with Crippen LogP contribution in [0.1, 0.15) is 22.8 Å². The summed E-state index contributed by atoms with van der Waals surface area (Å²) in [5.74, 6) is -0.762. The van der Waals surface area contributed by atoms with Gasteiger partial charge >= 0.3 is 5.97 Å². The Bertz CT molecular complexity index is 718. The van der Waals surface area contributed by atoms with Crippen molar-refractivity contribution in [3.8, 4) is 5.75 Å². The van der Waals surface area contributed by atoms with Gasteiger partial charge in [0.05, 0.1) is 17.9 Å². The molecule has 0 unspecified atom stereocenters. The van der Waals surface area contributed by atoms with Crippen LogP contribution in [-0.2, 0) is 9.53 Å². The molecule has 0 atom stereocenters. The Morgan fingerprint density at radius 1 is 1.39 bits per heavy atom. The normalized spacial score (nSPS) is 10.3. The molecule has 0 radical (unpaired) electrons. The minimum atomic E-state index is -0.472. The highest BCUT2D eigenvalue weighted by molar-refractivity contribution is 8.01. The molecular weight excluding hydrogens is 338 g/mol. The number of benzene rings is 1. The highest BCUT2D eigenvalue weighted by Gasteiger charge is 2.14. The highest BCUT2D eigenvalue weighted by Crippen LogP contribution is 2.26. The molecule has 0 aliphatic heterocycles. The van der Waals surface area contributed by atoms with E-state index in [1.807, 2.05) is 6.92 Å². The number of phenols is 1. The molecule has 0 saturated heterocycles. The highest BCUT2D eigenvalue weighted by atomic mass is 32.2. The number of aryl methyl sites for hydroxylation is 1. The third kappa shape index (κ3) is 4.93. The van der Waals surface area contributed by atoms with Crippen LogP contribution in [0.5, 0.6) is 5.75 Å². The average molecular weight is 353 g/mol. The molecule has 1 amide bonds. The average Bonchev–Trinajstić information content (AvgIpc) is 2.93. The zero-order valence-corrected chi connectivity index (χ0v) is 14.2. The van der Waals surface area contributed by atoms with Gasteiger partial charge in [0.15, 0.2) is 4.34 Å². The van der Waals surface area contributed by atoms with E-state index >= 15 is 0 Å². The van der Waals surface area contributed by atoms with Crippen LogP contribution in [0.15, 0.2) is 22.5 Å². The molecule has 0 bridgehead atoms. The molecule has 2 N–H and O–H groups in total. The lowest BCUT2D eigenvalue weighted by atomic mass is 10.1. The first-order valence-corrected chi connectivity index (χ1v) is 8.52. The predicted octanol–water partition coefficient (Wildman–Crippen LogP) is 2.46. The molecule has 0 aliphatic carbocycles. The number of thioether (sulfide) groups is 1. The Kier molecular flexibility index (Phi) is 5.94. The largest absolute Gasteiger partial charge is 0.507 e. The van der Waals surface area contributed by atoms with Gasteiger partial charge in [0.2, 0.25) is 5.13 Å². The van der Waals surface area contributed by atoms with Gasteiger partial charge in [-0.25, -0.2) is 0 Å². The number of aromatic nitrogens is 2. The van der Waals surface area contributed by atoms with Crippen molar-refractivity contribution >= 4 is 40.1 Å². The number of rotatable bonds is 6. The number of anilines is 1. The Morgan fingerprint density at radius 2 is 2.17 bits per heavy atom. The summed E-state index contributed by atoms with van der Waals surface area (Å²) < 4.78 is 5.36. The van der Waals surface area contributed by atoms with E-state index in [9.17, 15) is 14.7 Å². The second kappa shape index (κ2) is 7.93. The lowest BCUT2D eigenvalue weighted by Crippen LogP contribution is -2.11. The van der Waals surface area contributed by atoms with E-state index in [0.717, 1.165) is 16.9 Å². The van der Waals surface area contributed by atoms with Crippen molar-refractivity contribution in [2.24, 2.45) is 0 Å². The molecule has 0 saturated carbocycles. The van der Waals surface area contributed by atoms with Crippen molar-refractivity contribution in [2.75, 3.05) is 17.7 Å². The van der Waals surface area contributed by atoms with Crippen molar-refractivity contribution in [3.63, 3.8) is 0 Å². The summed E-state index contributed by atoms with van der Waals surface area (Å²) in [7, 11) is 0. The molecule has 0 fully saturated rings. The van der Waals surface area contributed by atoms with E-state index in [0.29, 0.717) is 16.1 Å². The summed E-state index contributed by atoms with van der Waals surface area (Å²) in [6, 6.07) is 4.78. The molecule has 0 aliphatic rings. The van der Waals surface area contributed by atoms with E-state index in [-0.39, 0.29) is 23.0 Å². The number of hydrogen-bond donors (Lipinski definition) is 2. The van der Waals surface area contributed by atoms with Gasteiger partial charge in [0.25, 0.3) is 5.91 Å². The van der Waals surface area contributed by atoms with Crippen molar-refractivity contribution in [3.05, 3.63) is 29.3 Å². The monoisotopic (exact) mass is 353 g/mol. The van der Waals surface area contributed by atoms with Gasteiger partial charge in [-0.1, -0.05) is 29.2 Å². The molecule has 1 aromatic carbocycles. The number of esters is 1. The van der Waals surface area contributed by atoms with Crippen LogP contribution in [0.25, 0.3) is 0 Å². The summed E-state index contributed by atoms with van der Waals surface area (Å²) >= 11 is 2.33. The first-order chi connectivity index (χ1) is 11.0. The van der Waals surface area contributed by atoms with Crippen LogP contribution in [0, 0.1) is 6.92 Å². The number of aromatic hydroxyl groups is 1. The smallest absolute Gasteiger partial charge is 0.316 e. The van der Waals surface area contributed by atoms with Gasteiger partial charge in [-0.05, 0) is 31.5 Å². The fourth-order valence-electron chi connectivity index (χ4n) is 1.64. The molecule has 0 spiro atoms. The maximum absolute atomic E-state index is 12.1. The van der Waals surface area contributed by atoms with Crippen molar-refractivity contribution < 1.29 is 19.4 Å². The van der Waals surface area contributed by atoms with Crippen LogP contribution in [0.3, 0.4) is 0 Å². The van der Waals surface area contributed by atoms with Crippen LogP contribution in [0.2, 0.25) is 0 Å². The number of hydrogen-bond acceptors (Lipinski definition) is 8. The van der Waals surface area contributed by atoms with Gasteiger partial charge < -0.3 is 9.84 Å². The Hall–Kier alpha value is -2.13. The standard InChI is InChI=1S/C14H15N3O4S2/c1-3-21-11(19)7-22-14-17-16-13(23-14)15-12(20)9-5-4-8(2)6-10(9)18/h4-6,18H,3,7H2,1-2H3,(H,15,16,20). The van der Waals surface area contributed by atoms with E-state index in [4.69, 9.17) is 4.74 Å². The third-order valence-corrected chi connectivity index (χ3v) is 4.59. The SMILES string of the molecule is CCOC(=O)CSc1nnc(NC(=O)c2ccc(C)cc2O)s1. The molecule has 23 heavy (non-hydrogen) atoms. The van der Waals surface area contributed by atoms with Crippen molar-refractivity contribution in [1.82, 2.24) is 10.2 Å². The van der Waals surface area contributed by atoms with E-state index in [1.54, 1.807) is 13.0 Å². The summed E-state index contributed by atoms with van der Waals surface area (Å²) in [5.41, 5.74) is 1.01. The molecule has 1 aromatic heterocycles. The number of phenolic OH excluding ortho intramolecular Hbond substituents is 1. The number of carbonyl (C=O) groups is 2. The van der Waals surface area contributed by atoms with Crippen LogP contribution in [0.4, 0.5) is 5.13 Å². The predicted molar refractivity (Wildman–Crippen MR) is 88.1 cm³/mol. The van der Waals surface area contributed by atoms with Gasteiger partial charge in [-0.2, -0.15) is 0 Å². The van der Waals surface area contributed by atoms with Crippen LogP contribution in [-0.4, -0.2) is 39.5 Å². The van der Waals surface area contributed by atoms with Crippen molar-refractivity contribution in [2.45, 2.75) is 18.2 Å². The summed E-state index contributed by atoms with van der Waals surface area (Å²) in [4.78, 5) is 23.4. The molecule has 7 nitrogen and oxygen atoms in total. The second-order valence-corrected chi connectivity index (χ2v) is 6.64. The van der Waals surface area contributed by atoms with E-state index in [2.05, 4.69) is 15.5 Å². The Labute approximate surface area is 141 Å². The fraction of sp³-hybridized carbons (Fsp3) is 0.286. The maximum Gasteiger partial charge on any atom is 0.316 e. The summed E-state index contributed by atoms with van der Waals surface area (Å²) in [5, 5.41) is 20.4. The van der Waals surface area contributed by atoms with Gasteiger partial charge in [0.1, 0.15) is 5.75 Å². The number of nitrogens with one attached hydrogen (secondary N) is 1. The topological polar surface area (TPSA) is 101 Å². The number of nitrogens with zero attached hydrogens (tertiary/aromatic N) is 2. The zero-order valence-electron chi connectivity index (χ0n) is 12.5. The molecule has 2 aromatic rings. The minimum absolute atomic E-state index is 0.0936. The fourth-order valence-corrected chi connectivity index (χ4v) is 3.18. The maximum atomic E-state index is 12.1. The lowest BCUT2D eigenvalue weighted by Gasteiger charge is -2.04. The zero-order chi connectivity index (χ0) is 16.8. The minimum Gasteiger partial charge on any atom is -0.507 e. The number of amides is 1. The third-order valence-electron chi connectivity index (χ3n) is 2.64. The molecule has 9 heteroatoms. The Balaban J connectivity index is 1.96. The van der Waals surface area contributed by atoms with Crippen LogP contribution >= 0.6 is 23.1 Å². The first-order valence-electron chi connectivity index (χ1n) is 6.72. The van der Waals surface area contributed by atoms with E-state index < -0.39 is 5.91 Å². The lowest BCUT2D eigenvalue weighted by molar-refractivity contribution is -0.139. The first kappa shape index (κ1) is 17.2. The van der Waals surface area contributed by atoms with Crippen LogP contribution < -0.4 is 5.32 Å². The quantitative estimate of drug-likeness (QED) is 0.467. The van der Waals surface area contributed by atoms with Gasteiger partial charge in [0, 0.05) is 0 Å². The second-order valence-electron chi connectivity index (χ2n) is 4.44. The summed E-state index contributed by atoms with van der Waals surface area (Å²) in [6.45, 7) is 3.89. The molecular formula is C14H15N3O4S2. The summed E-state index contributed by atoms with van der Waals surface area (Å²) in [6.07, 6.45) is 0. The molecule has 122 valence electrons. The van der Waals surface area contributed by atoms with Gasteiger partial charge in [-0.3, -0.25) is 14.9 Å². The molecule has 2 rings (SSSR count). The Morgan fingerprint density at radius 3 is 2.87 bits per heavy atom.